The molecule has 6 heterocycles. The number of furan rings is 2. The van der Waals surface area contributed by atoms with Gasteiger partial charge in [0.2, 0.25) is 43.6 Å². The largest absolute Gasteiger partial charge is 0.494 e. The first-order chi connectivity index (χ1) is 37.8. The average molecular weight is 1210 g/mol. The number of aryl methyl sites for hydroxylation is 2. The summed E-state index contributed by atoms with van der Waals surface area (Å²) in [5.41, 5.74) is 4.54. The van der Waals surface area contributed by atoms with E-state index in [0.29, 0.717) is 80.9 Å². The van der Waals surface area contributed by atoms with E-state index in [1.807, 2.05) is 0 Å². The van der Waals surface area contributed by atoms with Crippen LogP contribution >= 0.6 is 22.7 Å². The molecule has 0 saturated heterocycles. The zero-order valence-corrected chi connectivity index (χ0v) is 52.6. The molecule has 0 radical (unpaired) electrons. The van der Waals surface area contributed by atoms with Gasteiger partial charge in [-0.3, -0.25) is 9.13 Å². The molecule has 80 heavy (non-hydrogen) atoms. The minimum absolute atomic E-state index is 0.0300. The van der Waals surface area contributed by atoms with E-state index in [2.05, 4.69) is 69.6 Å². The van der Waals surface area contributed by atoms with Crippen LogP contribution in [0.25, 0.3) is 34.5 Å². The van der Waals surface area contributed by atoms with Crippen LogP contribution in [0.1, 0.15) is 49.0 Å². The van der Waals surface area contributed by atoms with Crippen molar-refractivity contribution >= 4 is 70.8 Å². The van der Waals surface area contributed by atoms with E-state index in [0.717, 1.165) is 0 Å². The van der Waals surface area contributed by atoms with Gasteiger partial charge in [-0.05, 0) is 88.3 Å². The van der Waals surface area contributed by atoms with Gasteiger partial charge in [0.25, 0.3) is 0 Å². The number of rotatable bonds is 24. The van der Waals surface area contributed by atoms with E-state index >= 15 is 0 Å². The van der Waals surface area contributed by atoms with Crippen molar-refractivity contribution in [1.82, 2.24) is 39.5 Å². The van der Waals surface area contributed by atoms with Crippen molar-refractivity contribution in [1.29, 1.82) is 0 Å². The van der Waals surface area contributed by atoms with E-state index < -0.39 is 58.9 Å². The summed E-state index contributed by atoms with van der Waals surface area (Å²) in [5, 5.41) is 40.5. The van der Waals surface area contributed by atoms with Gasteiger partial charge in [-0.1, -0.05) is 51.4 Å². The van der Waals surface area contributed by atoms with Gasteiger partial charge >= 0.3 is 0 Å². The maximum Gasteiger partial charge on any atom is 0.246 e. The number of para-hydroxylation sites is 2. The van der Waals surface area contributed by atoms with Crippen LogP contribution in [-0.2, 0) is 20.0 Å². The Balaban J connectivity index is 0.000000231. The number of aliphatic hydroxyl groups is 2. The number of benzene rings is 2. The van der Waals surface area contributed by atoms with Gasteiger partial charge in [0.1, 0.15) is 68.6 Å². The molecule has 0 bridgehead atoms. The Morgan fingerprint density at radius 1 is 0.562 bits per heavy atom. The lowest BCUT2D eigenvalue weighted by atomic mass is 10.2. The van der Waals surface area contributed by atoms with Gasteiger partial charge in [-0.25, -0.2) is 35.4 Å². The van der Waals surface area contributed by atoms with E-state index in [9.17, 15) is 27.0 Å². The summed E-state index contributed by atoms with van der Waals surface area (Å²) in [4.78, 5) is 8.28. The number of sulfonamides is 2. The van der Waals surface area contributed by atoms with Crippen molar-refractivity contribution < 1.29 is 54.8 Å². The number of ether oxygens (including phenoxy) is 4. The van der Waals surface area contributed by atoms with Crippen LogP contribution in [0.4, 0.5) is 11.9 Å². The van der Waals surface area contributed by atoms with Crippen molar-refractivity contribution in [2.75, 3.05) is 50.1 Å². The number of hydrogen-bond donors (Lipinski definition) is 2. The molecule has 28 heteroatoms. The van der Waals surface area contributed by atoms with Gasteiger partial charge in [0.05, 0.1) is 50.8 Å². The molecule has 0 aliphatic rings. The monoisotopic (exact) mass is 1210 g/mol. The first kappa shape index (κ1) is 61.2. The normalized spacial score (nSPS) is 13.7. The van der Waals surface area contributed by atoms with E-state index in [1.165, 1.54) is 73.6 Å². The molecule has 2 N–H and O–H groups in total. The average Bonchev–Trinajstić information content (AvgIpc) is 4.30. The first-order valence-electron chi connectivity index (χ1n) is 25.4. The van der Waals surface area contributed by atoms with Crippen LogP contribution in [-0.4, -0.2) is 135 Å². The van der Waals surface area contributed by atoms with Crippen LogP contribution in [0.15, 0.2) is 91.3 Å². The maximum absolute atomic E-state index is 14.3. The molecular weight excluding hydrogens is 1140 g/mol. The molecular formula is C52H70N10O12S4Si2. The smallest absolute Gasteiger partial charge is 0.246 e. The third kappa shape index (κ3) is 13.3. The molecule has 0 spiro atoms. The number of anilines is 2. The molecule has 0 fully saturated rings. The van der Waals surface area contributed by atoms with Gasteiger partial charge in [0.15, 0.2) is 11.5 Å². The van der Waals surface area contributed by atoms with Gasteiger partial charge in [-0.2, -0.15) is 0 Å². The fourth-order valence-corrected chi connectivity index (χ4v) is 14.7. The number of aromatic nitrogens is 8. The van der Waals surface area contributed by atoms with Crippen molar-refractivity contribution in [3.8, 4) is 57.5 Å². The van der Waals surface area contributed by atoms with Crippen molar-refractivity contribution in [2.24, 2.45) is 0 Å². The van der Waals surface area contributed by atoms with Crippen LogP contribution in [0, 0.1) is 13.8 Å². The Bertz CT molecular complexity index is 3280. The molecule has 0 unspecified atom stereocenters. The number of aliphatic hydroxyl groups excluding tert-OH is 2. The third-order valence-electron chi connectivity index (χ3n) is 13.0. The number of thiazole rings is 2. The third-order valence-corrected chi connectivity index (χ3v) is 22.0. The maximum atomic E-state index is 14.3. The zero-order valence-electron chi connectivity index (χ0n) is 47.3. The van der Waals surface area contributed by atoms with Crippen molar-refractivity contribution in [3.05, 3.63) is 105 Å². The molecule has 8 aromatic rings. The summed E-state index contributed by atoms with van der Waals surface area (Å²) in [7, 11) is -5.80. The lowest BCUT2D eigenvalue weighted by Crippen LogP contribution is -2.44. The van der Waals surface area contributed by atoms with Gasteiger partial charge in [-0.15, -0.1) is 43.1 Å². The highest BCUT2D eigenvalue weighted by Crippen LogP contribution is 2.43. The molecule has 0 saturated carbocycles. The SMILES string of the molecule is COc1cccc(OC)c1-n1c(-c2ccc(C)o2)nnc1N(CC[Si](C)(C)C)S(=O)(=O)[C@@H](C)[C@H](O)c1cscn1.COc1cccc(OC)c1-n1c(-c2ccc(C)o2)nnc1N(CC[Si](C)(C)C)S(=O)(=O)[C@H](C)[C@@H](O)c1cscn1. The fraction of sp³-hybridized carbons (Fsp3) is 0.423. The van der Waals surface area contributed by atoms with Crippen LogP contribution in [0.5, 0.6) is 23.0 Å². The van der Waals surface area contributed by atoms with E-state index in [4.69, 9.17) is 27.8 Å². The van der Waals surface area contributed by atoms with Crippen molar-refractivity contribution in [3.63, 3.8) is 0 Å². The van der Waals surface area contributed by atoms with Crippen LogP contribution < -0.4 is 27.6 Å². The molecule has 0 aliphatic carbocycles. The van der Waals surface area contributed by atoms with Crippen molar-refractivity contribution in [2.45, 2.75) is 102 Å². The molecule has 8 rings (SSSR count). The molecule has 2 aromatic carbocycles. The molecule has 6 aromatic heterocycles. The predicted molar refractivity (Wildman–Crippen MR) is 316 cm³/mol. The van der Waals surface area contributed by atoms with E-state index in [1.54, 1.807) is 105 Å². The Morgan fingerprint density at radius 2 is 0.900 bits per heavy atom. The lowest BCUT2D eigenvalue weighted by molar-refractivity contribution is 0.171. The Morgan fingerprint density at radius 3 is 1.16 bits per heavy atom. The summed E-state index contributed by atoms with van der Waals surface area (Å²) in [5.74, 6) is 4.37. The summed E-state index contributed by atoms with van der Waals surface area (Å²) in [6.07, 6.45) is -2.68. The standard InChI is InChI=1S/2C26H35N5O6S2Si/c2*1-17-11-12-22(37-17)25-28-29-26(31(25)23-20(35-3)9-8-10-21(23)36-4)30(13-14-40(5,6)7)39(33,34)18(2)24(32)19-15-38-16-27-19/h2*8-12,15-16,18,24,32H,13-14H2,1-7H3/t2*18-,24-/m10/s1. The highest BCUT2D eigenvalue weighted by Gasteiger charge is 2.42. The first-order valence-corrected chi connectivity index (χ1v) is 37.7. The second-order valence-corrected chi connectivity index (χ2v) is 38.3. The predicted octanol–water partition coefficient (Wildman–Crippen LogP) is 9.81. The summed E-state index contributed by atoms with van der Waals surface area (Å²) in [6.45, 7) is 19.8. The number of hydrogen-bond acceptors (Lipinski definition) is 20. The minimum atomic E-state index is -4.20. The quantitative estimate of drug-likeness (QED) is 0.0533. The second-order valence-electron chi connectivity index (χ2n) is 21.1. The summed E-state index contributed by atoms with van der Waals surface area (Å²) < 4.78 is 97.4. The Kier molecular flexibility index (Phi) is 19.3. The number of methoxy groups -OCH3 is 4. The molecule has 22 nitrogen and oxygen atoms in total. The lowest BCUT2D eigenvalue weighted by Gasteiger charge is -2.30. The second kappa shape index (κ2) is 25.2. The van der Waals surface area contributed by atoms with Gasteiger partial charge in [0, 0.05) is 40.0 Å². The Hall–Kier alpha value is -6.41. The highest BCUT2D eigenvalue weighted by atomic mass is 32.2. The Labute approximate surface area is 477 Å². The summed E-state index contributed by atoms with van der Waals surface area (Å²) in [6, 6.07) is 18.9. The molecule has 4 atom stereocenters. The summed E-state index contributed by atoms with van der Waals surface area (Å²) >= 11 is 2.57. The molecule has 0 amide bonds. The zero-order chi connectivity index (χ0) is 58.5. The van der Waals surface area contributed by atoms with Gasteiger partial charge < -0.3 is 38.0 Å². The highest BCUT2D eigenvalue weighted by molar-refractivity contribution is 7.93. The number of nitrogens with zero attached hydrogens (tertiary/aromatic N) is 10. The fourth-order valence-electron chi connectivity index (χ4n) is 8.32. The van der Waals surface area contributed by atoms with Crippen LogP contribution in [0.3, 0.4) is 0 Å². The topological polar surface area (TPSA) is 266 Å². The minimum Gasteiger partial charge on any atom is -0.494 e. The van der Waals surface area contributed by atoms with E-state index in [-0.39, 0.29) is 36.6 Å². The molecule has 432 valence electrons. The van der Waals surface area contributed by atoms with Crippen LogP contribution in [0.2, 0.25) is 51.4 Å². The molecule has 0 aliphatic heterocycles.